The van der Waals surface area contributed by atoms with Crippen molar-refractivity contribution in [1.29, 1.82) is 0 Å². The first-order valence-corrected chi connectivity index (χ1v) is 5.81. The highest BCUT2D eigenvalue weighted by Crippen LogP contribution is 2.19. The highest BCUT2D eigenvalue weighted by atomic mass is 19.1. The largest absolute Gasteiger partial charge is 0.392 e. The molecule has 0 aliphatic carbocycles. The third-order valence-electron chi connectivity index (χ3n) is 2.51. The first kappa shape index (κ1) is 13.9. The molecule has 0 radical (unpaired) electrons. The molecule has 1 heterocycles. The summed E-state index contributed by atoms with van der Waals surface area (Å²) in [7, 11) is 0. The van der Waals surface area contributed by atoms with Gasteiger partial charge in [0.15, 0.2) is 11.6 Å². The van der Waals surface area contributed by atoms with Crippen molar-refractivity contribution in [2.75, 3.05) is 31.2 Å². The van der Waals surface area contributed by atoms with Crippen molar-refractivity contribution < 1.29 is 14.2 Å². The van der Waals surface area contributed by atoms with Gasteiger partial charge in [0.1, 0.15) is 0 Å². The number of aliphatic hydroxyl groups excluding tert-OH is 1. The summed E-state index contributed by atoms with van der Waals surface area (Å²) >= 11 is 0. The van der Waals surface area contributed by atoms with Gasteiger partial charge >= 0.3 is 0 Å². The number of aromatic nitrogens is 1. The van der Waals surface area contributed by atoms with E-state index in [-0.39, 0.29) is 18.0 Å². The number of ether oxygens (including phenoxy) is 1. The van der Waals surface area contributed by atoms with Crippen LogP contribution in [-0.4, -0.2) is 36.4 Å². The van der Waals surface area contributed by atoms with Crippen molar-refractivity contribution in [2.24, 2.45) is 0 Å². The number of hydrogen-bond donors (Lipinski definition) is 1. The topological polar surface area (TPSA) is 45.6 Å². The molecule has 0 bridgehead atoms. The van der Waals surface area contributed by atoms with Crippen molar-refractivity contribution in [3.8, 4) is 0 Å². The Balaban J connectivity index is 2.80. The average molecular weight is 242 g/mol. The molecule has 4 nitrogen and oxygen atoms in total. The fourth-order valence-corrected chi connectivity index (χ4v) is 1.55. The maximum absolute atomic E-state index is 13.9. The minimum Gasteiger partial charge on any atom is -0.392 e. The van der Waals surface area contributed by atoms with Crippen LogP contribution in [0.15, 0.2) is 12.3 Å². The molecule has 0 aliphatic rings. The summed E-state index contributed by atoms with van der Waals surface area (Å²) in [4.78, 5) is 5.82. The van der Waals surface area contributed by atoms with Crippen LogP contribution in [0.25, 0.3) is 0 Å². The number of rotatable bonds is 7. The number of anilines is 1. The molecule has 0 saturated heterocycles. The van der Waals surface area contributed by atoms with Gasteiger partial charge in [0.05, 0.1) is 13.2 Å². The summed E-state index contributed by atoms with van der Waals surface area (Å²) in [5, 5.41) is 9.00. The van der Waals surface area contributed by atoms with Crippen molar-refractivity contribution in [3.05, 3.63) is 23.6 Å². The molecule has 5 heteroatoms. The van der Waals surface area contributed by atoms with E-state index < -0.39 is 5.82 Å². The zero-order chi connectivity index (χ0) is 12.7. The molecule has 0 aromatic carbocycles. The van der Waals surface area contributed by atoms with Crippen molar-refractivity contribution in [3.63, 3.8) is 0 Å². The SMILES string of the molecule is CCOCCN(CC)c1nccc(CO)c1F. The van der Waals surface area contributed by atoms with Crippen molar-refractivity contribution in [1.82, 2.24) is 4.98 Å². The monoisotopic (exact) mass is 242 g/mol. The molecule has 0 fully saturated rings. The average Bonchev–Trinajstić information content (AvgIpc) is 2.36. The minimum absolute atomic E-state index is 0.268. The van der Waals surface area contributed by atoms with Crippen LogP contribution in [-0.2, 0) is 11.3 Å². The van der Waals surface area contributed by atoms with E-state index in [9.17, 15) is 4.39 Å². The zero-order valence-electron chi connectivity index (χ0n) is 10.3. The highest BCUT2D eigenvalue weighted by Gasteiger charge is 2.14. The van der Waals surface area contributed by atoms with Gasteiger partial charge in [0.25, 0.3) is 0 Å². The third-order valence-corrected chi connectivity index (χ3v) is 2.51. The fourth-order valence-electron chi connectivity index (χ4n) is 1.55. The first-order valence-electron chi connectivity index (χ1n) is 5.81. The lowest BCUT2D eigenvalue weighted by atomic mass is 10.2. The van der Waals surface area contributed by atoms with E-state index in [0.717, 1.165) is 0 Å². The second kappa shape index (κ2) is 7.19. The molecule has 1 N–H and O–H groups in total. The molecular formula is C12H19FN2O2. The predicted molar refractivity (Wildman–Crippen MR) is 64.5 cm³/mol. The van der Waals surface area contributed by atoms with Gasteiger partial charge in [-0.3, -0.25) is 0 Å². The molecule has 17 heavy (non-hydrogen) atoms. The maximum atomic E-state index is 13.9. The Morgan fingerprint density at radius 1 is 1.47 bits per heavy atom. The third kappa shape index (κ3) is 3.64. The molecule has 96 valence electrons. The molecule has 1 rings (SSSR count). The van der Waals surface area contributed by atoms with E-state index in [4.69, 9.17) is 9.84 Å². The van der Waals surface area contributed by atoms with Gasteiger partial charge in [-0.15, -0.1) is 0 Å². The van der Waals surface area contributed by atoms with E-state index in [1.807, 2.05) is 13.8 Å². The number of aliphatic hydroxyl groups is 1. The molecule has 0 saturated carbocycles. The van der Waals surface area contributed by atoms with E-state index in [1.54, 1.807) is 4.90 Å². The lowest BCUT2D eigenvalue weighted by Gasteiger charge is -2.22. The molecule has 0 spiro atoms. The summed E-state index contributed by atoms with van der Waals surface area (Å²) in [6, 6.07) is 1.48. The molecule has 0 atom stereocenters. The van der Waals surface area contributed by atoms with Crippen LogP contribution in [0.4, 0.5) is 10.2 Å². The predicted octanol–water partition coefficient (Wildman–Crippen LogP) is 1.58. The van der Waals surface area contributed by atoms with Crippen LogP contribution in [0.5, 0.6) is 0 Å². The molecule has 1 aromatic rings. The second-order valence-corrected chi connectivity index (χ2v) is 3.54. The van der Waals surface area contributed by atoms with Gasteiger partial charge in [-0.05, 0) is 19.9 Å². The zero-order valence-corrected chi connectivity index (χ0v) is 10.3. The lowest BCUT2D eigenvalue weighted by Crippen LogP contribution is -2.29. The summed E-state index contributed by atoms with van der Waals surface area (Å²) in [5.41, 5.74) is 0.268. The van der Waals surface area contributed by atoms with Crippen LogP contribution in [0, 0.1) is 5.82 Å². The fraction of sp³-hybridized carbons (Fsp3) is 0.583. The van der Waals surface area contributed by atoms with Gasteiger partial charge in [0.2, 0.25) is 0 Å². The Kier molecular flexibility index (Phi) is 5.86. The Bertz CT molecular complexity index is 347. The number of hydrogen-bond acceptors (Lipinski definition) is 4. The van der Waals surface area contributed by atoms with E-state index in [2.05, 4.69) is 4.98 Å². The van der Waals surface area contributed by atoms with E-state index in [0.29, 0.717) is 26.3 Å². The van der Waals surface area contributed by atoms with Crippen LogP contribution in [0.1, 0.15) is 19.4 Å². The molecule has 0 aliphatic heterocycles. The van der Waals surface area contributed by atoms with E-state index in [1.165, 1.54) is 12.3 Å². The quantitative estimate of drug-likeness (QED) is 0.737. The number of likely N-dealkylation sites (N-methyl/N-ethyl adjacent to an activating group) is 1. The van der Waals surface area contributed by atoms with Gasteiger partial charge in [-0.2, -0.15) is 0 Å². The first-order chi connectivity index (χ1) is 8.24. The van der Waals surface area contributed by atoms with Crippen molar-refractivity contribution >= 4 is 5.82 Å². The summed E-state index contributed by atoms with van der Waals surface area (Å²) in [6.07, 6.45) is 1.51. The van der Waals surface area contributed by atoms with E-state index >= 15 is 0 Å². The second-order valence-electron chi connectivity index (χ2n) is 3.54. The van der Waals surface area contributed by atoms with Gasteiger partial charge < -0.3 is 14.7 Å². The summed E-state index contributed by atoms with van der Waals surface area (Å²) in [6.45, 7) is 5.94. The number of pyridine rings is 1. The van der Waals surface area contributed by atoms with Gasteiger partial charge in [0, 0.05) is 31.5 Å². The smallest absolute Gasteiger partial charge is 0.171 e. The van der Waals surface area contributed by atoms with Gasteiger partial charge in [-0.1, -0.05) is 0 Å². The molecule has 0 unspecified atom stereocenters. The van der Waals surface area contributed by atoms with Crippen LogP contribution in [0.2, 0.25) is 0 Å². The standard InChI is InChI=1S/C12H19FN2O2/c1-3-15(7-8-17-4-2)12-11(13)10(9-16)5-6-14-12/h5-6,16H,3-4,7-9H2,1-2H3. The van der Waals surface area contributed by atoms with Crippen LogP contribution >= 0.6 is 0 Å². The Morgan fingerprint density at radius 2 is 2.24 bits per heavy atom. The molecular weight excluding hydrogens is 223 g/mol. The Labute approximate surface area is 101 Å². The Morgan fingerprint density at radius 3 is 2.82 bits per heavy atom. The van der Waals surface area contributed by atoms with Crippen molar-refractivity contribution in [2.45, 2.75) is 20.5 Å². The molecule has 1 aromatic heterocycles. The number of nitrogens with zero attached hydrogens (tertiary/aromatic N) is 2. The maximum Gasteiger partial charge on any atom is 0.171 e. The lowest BCUT2D eigenvalue weighted by molar-refractivity contribution is 0.153. The summed E-state index contributed by atoms with van der Waals surface area (Å²) in [5.74, 6) is -0.174. The van der Waals surface area contributed by atoms with Crippen LogP contribution in [0.3, 0.4) is 0 Å². The normalized spacial score (nSPS) is 10.6. The molecule has 0 amide bonds. The Hall–Kier alpha value is -1.20. The minimum atomic E-state index is -0.451. The highest BCUT2D eigenvalue weighted by molar-refractivity contribution is 5.42. The summed E-state index contributed by atoms with van der Waals surface area (Å²) < 4.78 is 19.2. The number of halogens is 1. The van der Waals surface area contributed by atoms with Gasteiger partial charge in [-0.25, -0.2) is 9.37 Å². The van der Waals surface area contributed by atoms with Crippen LogP contribution < -0.4 is 4.90 Å².